The van der Waals surface area contributed by atoms with Crippen molar-refractivity contribution in [2.45, 2.75) is 12.3 Å². The number of ether oxygens (including phenoxy) is 3. The molecule has 30 heavy (non-hydrogen) atoms. The molecule has 5 rings (SSSR count). The number of anilines is 1. The molecule has 154 valence electrons. The van der Waals surface area contributed by atoms with Crippen LogP contribution in [0.3, 0.4) is 0 Å². The molecule has 2 aliphatic rings. The topological polar surface area (TPSA) is 86.9 Å². The first kappa shape index (κ1) is 18.4. The second-order valence-corrected chi connectivity index (χ2v) is 7.04. The zero-order valence-electron chi connectivity index (χ0n) is 16.1. The highest BCUT2D eigenvalue weighted by Gasteiger charge is 2.35. The SMILES string of the molecule is COc1ccc(-c2noc(C3CC(=O)N(c4ccc5c(c4)OCCO5)C3)n2)cc1F. The van der Waals surface area contributed by atoms with Gasteiger partial charge in [0.05, 0.1) is 13.0 Å². The smallest absolute Gasteiger partial charge is 0.232 e. The van der Waals surface area contributed by atoms with E-state index in [4.69, 9.17) is 18.7 Å². The number of fused-ring (bicyclic) bond motifs is 1. The highest BCUT2D eigenvalue weighted by atomic mass is 19.1. The molecule has 1 saturated heterocycles. The van der Waals surface area contributed by atoms with E-state index < -0.39 is 5.82 Å². The summed E-state index contributed by atoms with van der Waals surface area (Å²) < 4.78 is 35.4. The first-order valence-corrected chi connectivity index (χ1v) is 9.50. The van der Waals surface area contributed by atoms with Crippen molar-refractivity contribution in [3.8, 4) is 28.6 Å². The minimum absolute atomic E-state index is 0.0491. The molecule has 0 aliphatic carbocycles. The van der Waals surface area contributed by atoms with Gasteiger partial charge in [-0.05, 0) is 30.3 Å². The number of amides is 1. The summed E-state index contributed by atoms with van der Waals surface area (Å²) in [5, 5.41) is 3.95. The molecule has 2 aromatic carbocycles. The molecule has 1 aromatic heterocycles. The quantitative estimate of drug-likeness (QED) is 0.652. The fourth-order valence-electron chi connectivity index (χ4n) is 3.65. The molecule has 3 aromatic rings. The third-order valence-corrected chi connectivity index (χ3v) is 5.16. The lowest BCUT2D eigenvalue weighted by Crippen LogP contribution is -2.24. The monoisotopic (exact) mass is 411 g/mol. The number of carbonyl (C=O) groups excluding carboxylic acids is 1. The Morgan fingerprint density at radius 1 is 1.13 bits per heavy atom. The van der Waals surface area contributed by atoms with E-state index in [2.05, 4.69) is 10.1 Å². The summed E-state index contributed by atoms with van der Waals surface area (Å²) in [7, 11) is 1.40. The molecule has 2 aliphatic heterocycles. The minimum atomic E-state index is -0.512. The normalized spacial score (nSPS) is 18.0. The standard InChI is InChI=1S/C21H18FN3O5/c1-27-16-4-2-12(8-15(16)22)20-23-21(30-24-20)13-9-19(26)25(11-13)14-3-5-17-18(10-14)29-7-6-28-17/h2-5,8,10,13H,6-7,9,11H2,1H3. The zero-order valence-corrected chi connectivity index (χ0v) is 16.1. The predicted molar refractivity (Wildman–Crippen MR) is 103 cm³/mol. The molecular formula is C21H18FN3O5. The molecule has 0 N–H and O–H groups in total. The van der Waals surface area contributed by atoms with Gasteiger partial charge >= 0.3 is 0 Å². The average Bonchev–Trinajstić information content (AvgIpc) is 3.40. The van der Waals surface area contributed by atoms with Crippen molar-refractivity contribution >= 4 is 11.6 Å². The number of rotatable bonds is 4. The molecule has 0 saturated carbocycles. The molecule has 3 heterocycles. The van der Waals surface area contributed by atoms with Crippen molar-refractivity contribution in [1.82, 2.24) is 10.1 Å². The van der Waals surface area contributed by atoms with Crippen molar-refractivity contribution in [3.05, 3.63) is 48.1 Å². The molecule has 0 radical (unpaired) electrons. The lowest BCUT2D eigenvalue weighted by molar-refractivity contribution is -0.117. The maximum absolute atomic E-state index is 14.0. The Morgan fingerprint density at radius 3 is 2.77 bits per heavy atom. The van der Waals surface area contributed by atoms with Crippen molar-refractivity contribution in [1.29, 1.82) is 0 Å². The highest BCUT2D eigenvalue weighted by Crippen LogP contribution is 2.38. The Hall–Kier alpha value is -3.62. The highest BCUT2D eigenvalue weighted by molar-refractivity contribution is 5.96. The number of benzene rings is 2. The van der Waals surface area contributed by atoms with Crippen LogP contribution in [0.4, 0.5) is 10.1 Å². The van der Waals surface area contributed by atoms with E-state index >= 15 is 0 Å². The predicted octanol–water partition coefficient (Wildman–Crippen LogP) is 3.18. The van der Waals surface area contributed by atoms with Gasteiger partial charge in [0, 0.05) is 30.3 Å². The zero-order chi connectivity index (χ0) is 20.7. The third-order valence-electron chi connectivity index (χ3n) is 5.16. The summed E-state index contributed by atoms with van der Waals surface area (Å²) in [5.41, 5.74) is 1.19. The van der Waals surface area contributed by atoms with Crippen molar-refractivity contribution in [3.63, 3.8) is 0 Å². The van der Waals surface area contributed by atoms with Crippen molar-refractivity contribution < 1.29 is 27.9 Å². The van der Waals surface area contributed by atoms with Gasteiger partial charge in [0.2, 0.25) is 17.6 Å². The maximum Gasteiger partial charge on any atom is 0.232 e. The van der Waals surface area contributed by atoms with Crippen LogP contribution >= 0.6 is 0 Å². The van der Waals surface area contributed by atoms with Gasteiger partial charge in [0.1, 0.15) is 13.2 Å². The number of halogens is 1. The van der Waals surface area contributed by atoms with Gasteiger partial charge in [-0.15, -0.1) is 0 Å². The van der Waals surface area contributed by atoms with E-state index in [9.17, 15) is 9.18 Å². The van der Waals surface area contributed by atoms with E-state index in [0.717, 1.165) is 5.69 Å². The summed E-state index contributed by atoms with van der Waals surface area (Å²) in [6.45, 7) is 1.38. The molecule has 0 spiro atoms. The lowest BCUT2D eigenvalue weighted by Gasteiger charge is -2.22. The number of aromatic nitrogens is 2. The Bertz CT molecular complexity index is 1120. The summed E-state index contributed by atoms with van der Waals surface area (Å²) in [5.74, 6) is 1.22. The fourth-order valence-corrected chi connectivity index (χ4v) is 3.65. The van der Waals surface area contributed by atoms with E-state index in [1.807, 2.05) is 6.07 Å². The molecule has 1 unspecified atom stereocenters. The maximum atomic E-state index is 14.0. The van der Waals surface area contributed by atoms with Crippen LogP contribution in [0.15, 0.2) is 40.9 Å². The Labute approximate surface area is 171 Å². The Kier molecular flexibility index (Phi) is 4.50. The van der Waals surface area contributed by atoms with Gasteiger partial charge < -0.3 is 23.6 Å². The van der Waals surface area contributed by atoms with E-state index in [-0.39, 0.29) is 29.8 Å². The van der Waals surface area contributed by atoms with Crippen LogP contribution in [0.1, 0.15) is 18.2 Å². The van der Waals surface area contributed by atoms with Crippen molar-refractivity contribution in [2.75, 3.05) is 31.8 Å². The summed E-state index contributed by atoms with van der Waals surface area (Å²) in [6, 6.07) is 9.87. The fraction of sp³-hybridized carbons (Fsp3) is 0.286. The molecule has 1 fully saturated rings. The average molecular weight is 411 g/mol. The van der Waals surface area contributed by atoms with Gasteiger partial charge in [-0.2, -0.15) is 4.98 Å². The summed E-state index contributed by atoms with van der Waals surface area (Å²) in [6.07, 6.45) is 0.243. The molecule has 1 atom stereocenters. The van der Waals surface area contributed by atoms with Crippen LogP contribution in [0.2, 0.25) is 0 Å². The van der Waals surface area contributed by atoms with Gasteiger partial charge in [-0.1, -0.05) is 5.16 Å². The summed E-state index contributed by atoms with van der Waals surface area (Å²) >= 11 is 0. The van der Waals surface area contributed by atoms with Crippen LogP contribution in [-0.2, 0) is 4.79 Å². The lowest BCUT2D eigenvalue weighted by atomic mass is 10.1. The molecular weight excluding hydrogens is 393 g/mol. The van der Waals surface area contributed by atoms with Crippen LogP contribution in [-0.4, -0.2) is 42.9 Å². The number of nitrogens with zero attached hydrogens (tertiary/aromatic N) is 3. The number of hydrogen-bond donors (Lipinski definition) is 0. The van der Waals surface area contributed by atoms with Crippen LogP contribution in [0.25, 0.3) is 11.4 Å². The van der Waals surface area contributed by atoms with E-state index in [0.29, 0.717) is 42.7 Å². The third kappa shape index (κ3) is 3.22. The number of hydrogen-bond acceptors (Lipinski definition) is 7. The second-order valence-electron chi connectivity index (χ2n) is 7.04. The molecule has 8 nitrogen and oxygen atoms in total. The Balaban J connectivity index is 1.35. The van der Waals surface area contributed by atoms with Crippen LogP contribution < -0.4 is 19.1 Å². The summed E-state index contributed by atoms with van der Waals surface area (Å²) in [4.78, 5) is 18.7. The first-order chi connectivity index (χ1) is 14.6. The van der Waals surface area contributed by atoms with E-state index in [1.54, 1.807) is 23.1 Å². The van der Waals surface area contributed by atoms with Crippen LogP contribution in [0, 0.1) is 5.82 Å². The molecule has 9 heteroatoms. The second kappa shape index (κ2) is 7.33. The van der Waals surface area contributed by atoms with Gasteiger partial charge in [0.25, 0.3) is 0 Å². The first-order valence-electron chi connectivity index (χ1n) is 9.50. The van der Waals surface area contributed by atoms with Gasteiger partial charge in [-0.25, -0.2) is 4.39 Å². The van der Waals surface area contributed by atoms with Crippen molar-refractivity contribution in [2.24, 2.45) is 0 Å². The Morgan fingerprint density at radius 2 is 1.97 bits per heavy atom. The number of carbonyl (C=O) groups is 1. The van der Waals surface area contributed by atoms with Gasteiger partial charge in [-0.3, -0.25) is 4.79 Å². The minimum Gasteiger partial charge on any atom is -0.494 e. The van der Waals surface area contributed by atoms with Gasteiger partial charge in [0.15, 0.2) is 23.1 Å². The van der Waals surface area contributed by atoms with E-state index in [1.165, 1.54) is 19.2 Å². The van der Waals surface area contributed by atoms with Crippen LogP contribution in [0.5, 0.6) is 17.2 Å². The largest absolute Gasteiger partial charge is 0.494 e. The molecule has 0 bridgehead atoms. The number of methoxy groups -OCH3 is 1. The molecule has 1 amide bonds.